The van der Waals surface area contributed by atoms with Gasteiger partial charge in [0.25, 0.3) is 0 Å². The molecule has 0 bridgehead atoms. The molecule has 0 aromatic rings. The van der Waals surface area contributed by atoms with Gasteiger partial charge in [-0.1, -0.05) is 61.8 Å². The lowest BCUT2D eigenvalue weighted by Crippen LogP contribution is -2.66. The van der Waals surface area contributed by atoms with Crippen molar-refractivity contribution in [2.45, 2.75) is 119 Å². The molecule has 4 saturated carbocycles. The summed E-state index contributed by atoms with van der Waals surface area (Å²) in [5.74, 6) is 6.45. The van der Waals surface area contributed by atoms with Crippen LogP contribution in [0.15, 0.2) is 0 Å². The largest absolute Gasteiger partial charge is 0.310 e. The number of hydrogen-bond donors (Lipinski definition) is 1. The molecular formula is C34H62N2O2S. The van der Waals surface area contributed by atoms with Crippen LogP contribution < -0.4 is 5.32 Å². The molecule has 226 valence electrons. The van der Waals surface area contributed by atoms with Crippen molar-refractivity contribution < 1.29 is 8.42 Å². The summed E-state index contributed by atoms with van der Waals surface area (Å²) in [6.45, 7) is 24.1. The van der Waals surface area contributed by atoms with Crippen LogP contribution in [0.4, 0.5) is 0 Å². The van der Waals surface area contributed by atoms with Crippen molar-refractivity contribution in [2.24, 2.45) is 57.7 Å². The predicted molar refractivity (Wildman–Crippen MR) is 165 cm³/mol. The minimum atomic E-state index is -2.81. The van der Waals surface area contributed by atoms with Gasteiger partial charge >= 0.3 is 0 Å². The van der Waals surface area contributed by atoms with Gasteiger partial charge in [0.05, 0.1) is 11.5 Å². The van der Waals surface area contributed by atoms with Gasteiger partial charge in [-0.3, -0.25) is 0 Å². The van der Waals surface area contributed by atoms with Crippen molar-refractivity contribution in [2.75, 3.05) is 37.7 Å². The van der Waals surface area contributed by atoms with E-state index in [1.54, 1.807) is 0 Å². The first-order valence-corrected chi connectivity index (χ1v) is 18.7. The fourth-order valence-electron chi connectivity index (χ4n) is 11.7. The lowest BCUT2D eigenvalue weighted by molar-refractivity contribution is -0.196. The summed E-state index contributed by atoms with van der Waals surface area (Å²) in [5.41, 5.74) is 1.65. The highest BCUT2D eigenvalue weighted by Crippen LogP contribution is 2.73. The third-order valence-electron chi connectivity index (χ3n) is 14.6. The predicted octanol–water partition coefficient (Wildman–Crippen LogP) is 7.04. The van der Waals surface area contributed by atoms with Gasteiger partial charge in [-0.05, 0) is 109 Å². The minimum Gasteiger partial charge on any atom is -0.310 e. The van der Waals surface area contributed by atoms with E-state index in [4.69, 9.17) is 0 Å². The van der Waals surface area contributed by atoms with Crippen LogP contribution in [0.3, 0.4) is 0 Å². The number of nitrogens with zero attached hydrogens (tertiary/aromatic N) is 1. The van der Waals surface area contributed by atoms with Crippen LogP contribution in [0.25, 0.3) is 0 Å². The average molecular weight is 563 g/mol. The van der Waals surface area contributed by atoms with Crippen molar-refractivity contribution in [3.63, 3.8) is 0 Å². The standard InChI is InChI=1S/C34H62N2O2S/c1-9-31(5,6)27-13-14-32(7)28(25(27)4)10-11-29-30-26(24(2)3)12-15-34(30,17-16-33(29,32)8)35-18-19-36-20-22-39(37,38)23-21-36/h24-30,35H,9-23H2,1-8H3/t25-,26+,27-,28?,29-,30-,32?,33-,34+/m1/s1. The number of fused-ring (bicyclic) bond motifs is 5. The molecule has 0 aromatic heterocycles. The van der Waals surface area contributed by atoms with E-state index in [9.17, 15) is 8.42 Å². The molecule has 5 aliphatic rings. The lowest BCUT2D eigenvalue weighted by atomic mass is 9.36. The van der Waals surface area contributed by atoms with Crippen LogP contribution in [-0.4, -0.2) is 56.5 Å². The van der Waals surface area contributed by atoms with Crippen LogP contribution in [-0.2, 0) is 9.84 Å². The van der Waals surface area contributed by atoms with E-state index in [2.05, 4.69) is 65.6 Å². The van der Waals surface area contributed by atoms with E-state index < -0.39 is 9.84 Å². The Morgan fingerprint density at radius 3 is 2.21 bits per heavy atom. The molecule has 1 aliphatic heterocycles. The third-order valence-corrected chi connectivity index (χ3v) is 16.2. The minimum absolute atomic E-state index is 0.289. The summed E-state index contributed by atoms with van der Waals surface area (Å²) in [5, 5.41) is 4.24. The van der Waals surface area contributed by atoms with E-state index in [-0.39, 0.29) is 5.54 Å². The summed E-state index contributed by atoms with van der Waals surface area (Å²) in [6.07, 6.45) is 12.5. The van der Waals surface area contributed by atoms with Crippen LogP contribution in [0.2, 0.25) is 0 Å². The maximum absolute atomic E-state index is 11.9. The maximum Gasteiger partial charge on any atom is 0.152 e. The first-order chi connectivity index (χ1) is 18.2. The molecule has 5 heteroatoms. The molecule has 1 N–H and O–H groups in total. The average Bonchev–Trinajstić information content (AvgIpc) is 3.25. The molecule has 9 atom stereocenters. The molecule has 5 rings (SSSR count). The van der Waals surface area contributed by atoms with Crippen LogP contribution in [0, 0.1) is 57.7 Å². The molecule has 5 fully saturated rings. The smallest absolute Gasteiger partial charge is 0.152 e. The van der Waals surface area contributed by atoms with Crippen LogP contribution in [0.1, 0.15) is 113 Å². The lowest BCUT2D eigenvalue weighted by Gasteiger charge is -2.69. The van der Waals surface area contributed by atoms with Gasteiger partial charge in [0, 0.05) is 31.7 Å². The second-order valence-corrected chi connectivity index (χ2v) is 18.8. The van der Waals surface area contributed by atoms with Gasteiger partial charge in [0.2, 0.25) is 0 Å². The Kier molecular flexibility index (Phi) is 8.20. The van der Waals surface area contributed by atoms with Gasteiger partial charge in [-0.15, -0.1) is 0 Å². The van der Waals surface area contributed by atoms with E-state index in [0.717, 1.165) is 54.5 Å². The normalized spacial score (nSPS) is 46.5. The van der Waals surface area contributed by atoms with Gasteiger partial charge < -0.3 is 10.2 Å². The Balaban J connectivity index is 1.36. The molecule has 0 radical (unpaired) electrons. The zero-order valence-corrected chi connectivity index (χ0v) is 27.6. The monoisotopic (exact) mass is 562 g/mol. The molecule has 4 nitrogen and oxygen atoms in total. The fraction of sp³-hybridized carbons (Fsp3) is 1.00. The van der Waals surface area contributed by atoms with Crippen LogP contribution >= 0.6 is 0 Å². The molecule has 39 heavy (non-hydrogen) atoms. The number of nitrogens with one attached hydrogen (secondary N) is 1. The van der Waals surface area contributed by atoms with E-state index in [1.807, 2.05) is 0 Å². The Labute approximate surface area is 242 Å². The highest BCUT2D eigenvalue weighted by molar-refractivity contribution is 7.91. The molecule has 0 spiro atoms. The van der Waals surface area contributed by atoms with Crippen LogP contribution in [0.5, 0.6) is 0 Å². The Bertz CT molecular complexity index is 979. The molecule has 1 heterocycles. The van der Waals surface area contributed by atoms with Crippen molar-refractivity contribution in [1.82, 2.24) is 10.2 Å². The van der Waals surface area contributed by atoms with E-state index in [1.165, 1.54) is 57.8 Å². The number of sulfone groups is 1. The summed E-state index contributed by atoms with van der Waals surface area (Å²) >= 11 is 0. The Morgan fingerprint density at radius 2 is 1.56 bits per heavy atom. The summed E-state index contributed by atoms with van der Waals surface area (Å²) in [7, 11) is -2.81. The van der Waals surface area contributed by atoms with Crippen molar-refractivity contribution >= 4 is 9.84 Å². The van der Waals surface area contributed by atoms with Crippen molar-refractivity contribution in [3.8, 4) is 0 Å². The van der Waals surface area contributed by atoms with Gasteiger partial charge in [-0.25, -0.2) is 8.42 Å². The molecule has 1 saturated heterocycles. The summed E-state index contributed by atoms with van der Waals surface area (Å²) < 4.78 is 23.8. The van der Waals surface area contributed by atoms with Gasteiger partial charge in [0.15, 0.2) is 9.84 Å². The highest BCUT2D eigenvalue weighted by Gasteiger charge is 2.67. The van der Waals surface area contributed by atoms with E-state index in [0.29, 0.717) is 40.8 Å². The molecule has 4 aliphatic carbocycles. The molecule has 0 aromatic carbocycles. The zero-order valence-electron chi connectivity index (χ0n) is 26.8. The molecule has 0 amide bonds. The molecule has 2 unspecified atom stereocenters. The van der Waals surface area contributed by atoms with Gasteiger partial charge in [-0.2, -0.15) is 0 Å². The number of hydrogen-bond acceptors (Lipinski definition) is 4. The number of rotatable bonds is 7. The SMILES string of the molecule is CCC(C)(C)[C@@H]1CCC2(C)C(CC[C@@H]3[C@H]4[C@H](C(C)C)CC[C@]4(NCCN4CCS(=O)(=O)CC4)CC[C@]32C)[C@@H]1C. The summed E-state index contributed by atoms with van der Waals surface area (Å²) in [4.78, 5) is 2.38. The Hall–Kier alpha value is -0.130. The summed E-state index contributed by atoms with van der Waals surface area (Å²) in [6, 6.07) is 0. The maximum atomic E-state index is 11.9. The van der Waals surface area contributed by atoms with Gasteiger partial charge in [0.1, 0.15) is 0 Å². The molecular weight excluding hydrogens is 500 g/mol. The second kappa shape index (κ2) is 10.5. The van der Waals surface area contributed by atoms with Crippen molar-refractivity contribution in [1.29, 1.82) is 0 Å². The third kappa shape index (κ3) is 4.98. The first-order valence-electron chi connectivity index (χ1n) is 16.9. The second-order valence-electron chi connectivity index (χ2n) is 16.5. The fourth-order valence-corrected chi connectivity index (χ4v) is 13.0. The highest BCUT2D eigenvalue weighted by atomic mass is 32.2. The van der Waals surface area contributed by atoms with Crippen molar-refractivity contribution in [3.05, 3.63) is 0 Å². The Morgan fingerprint density at radius 1 is 0.923 bits per heavy atom. The first kappa shape index (κ1) is 30.3. The van der Waals surface area contributed by atoms with E-state index >= 15 is 0 Å². The zero-order chi connectivity index (χ0) is 28.4. The topological polar surface area (TPSA) is 49.4 Å². The quantitative estimate of drug-likeness (QED) is 0.361.